The van der Waals surface area contributed by atoms with E-state index in [2.05, 4.69) is 17.4 Å². The van der Waals surface area contributed by atoms with E-state index in [-0.39, 0.29) is 11.3 Å². The molecule has 108 valence electrons. The van der Waals surface area contributed by atoms with Crippen LogP contribution >= 0.6 is 0 Å². The van der Waals surface area contributed by atoms with Crippen molar-refractivity contribution in [1.82, 2.24) is 5.32 Å². The highest BCUT2D eigenvalue weighted by molar-refractivity contribution is 5.85. The summed E-state index contributed by atoms with van der Waals surface area (Å²) in [5, 5.41) is 24.9. The average Bonchev–Trinajstić information content (AvgIpc) is 2.27. The second-order valence-corrected chi connectivity index (χ2v) is 5.90. The molecule has 5 nitrogen and oxygen atoms in total. The molecular weight excluding hydrogens is 230 g/mol. The van der Waals surface area contributed by atoms with Gasteiger partial charge in [0.25, 0.3) is 0 Å². The maximum atomic E-state index is 9.97. The van der Waals surface area contributed by atoms with Gasteiger partial charge < -0.3 is 21.4 Å². The van der Waals surface area contributed by atoms with Crippen molar-refractivity contribution in [2.75, 3.05) is 13.1 Å². The van der Waals surface area contributed by atoms with Crippen molar-refractivity contribution in [1.29, 1.82) is 0 Å². The van der Waals surface area contributed by atoms with Crippen LogP contribution in [-0.4, -0.2) is 34.8 Å². The molecule has 0 aromatic rings. The lowest BCUT2D eigenvalue weighted by Gasteiger charge is -2.25. The number of nitrogens with zero attached hydrogens (tertiary/aromatic N) is 1. The van der Waals surface area contributed by atoms with Gasteiger partial charge in [0, 0.05) is 12.0 Å². The number of nitrogens with two attached hydrogens (primary N) is 1. The van der Waals surface area contributed by atoms with Crippen LogP contribution < -0.4 is 11.1 Å². The van der Waals surface area contributed by atoms with Crippen LogP contribution in [0.15, 0.2) is 5.16 Å². The molecule has 0 spiro atoms. The van der Waals surface area contributed by atoms with Gasteiger partial charge in [-0.2, -0.15) is 0 Å². The number of nitrogens with one attached hydrogen (secondary N) is 1. The highest BCUT2D eigenvalue weighted by Crippen LogP contribution is 2.22. The van der Waals surface area contributed by atoms with Gasteiger partial charge in [-0.15, -0.1) is 0 Å². The Morgan fingerprint density at radius 3 is 2.39 bits per heavy atom. The predicted molar refractivity (Wildman–Crippen MR) is 74.8 cm³/mol. The molecule has 0 aliphatic heterocycles. The lowest BCUT2D eigenvalue weighted by molar-refractivity contribution is 0.0501. The molecule has 0 amide bonds. The fourth-order valence-corrected chi connectivity index (χ4v) is 1.90. The van der Waals surface area contributed by atoms with Gasteiger partial charge in [0.2, 0.25) is 0 Å². The minimum absolute atomic E-state index is 0.264. The molecular formula is C13H29N3O2. The zero-order valence-corrected chi connectivity index (χ0v) is 12.2. The van der Waals surface area contributed by atoms with Crippen LogP contribution in [0.2, 0.25) is 0 Å². The van der Waals surface area contributed by atoms with Gasteiger partial charge in [0.05, 0.1) is 5.60 Å². The zero-order chi connectivity index (χ0) is 14.2. The maximum Gasteiger partial charge on any atom is 0.144 e. The minimum atomic E-state index is -0.629. The Bertz CT molecular complexity index is 263. The van der Waals surface area contributed by atoms with Crippen LogP contribution in [0, 0.1) is 5.41 Å². The number of amidine groups is 1. The van der Waals surface area contributed by atoms with Crippen LogP contribution in [0.5, 0.6) is 0 Å². The lowest BCUT2D eigenvalue weighted by atomic mass is 9.86. The minimum Gasteiger partial charge on any atom is -0.409 e. The summed E-state index contributed by atoms with van der Waals surface area (Å²) in [5.41, 5.74) is 4.70. The number of rotatable bonds is 9. The average molecular weight is 259 g/mol. The Balaban J connectivity index is 3.81. The van der Waals surface area contributed by atoms with Crippen LogP contribution in [0.3, 0.4) is 0 Å². The molecule has 0 saturated carbocycles. The smallest absolute Gasteiger partial charge is 0.144 e. The third-order valence-corrected chi connectivity index (χ3v) is 3.25. The van der Waals surface area contributed by atoms with E-state index in [0.29, 0.717) is 6.54 Å². The molecule has 5 heteroatoms. The van der Waals surface area contributed by atoms with Crippen LogP contribution in [0.25, 0.3) is 0 Å². The Morgan fingerprint density at radius 2 is 1.89 bits per heavy atom. The third kappa shape index (κ3) is 6.81. The fraction of sp³-hybridized carbons (Fsp3) is 0.923. The van der Waals surface area contributed by atoms with E-state index in [0.717, 1.165) is 32.2 Å². The van der Waals surface area contributed by atoms with Crippen molar-refractivity contribution >= 4 is 5.84 Å². The van der Waals surface area contributed by atoms with E-state index in [4.69, 9.17) is 10.9 Å². The second-order valence-electron chi connectivity index (χ2n) is 5.90. The highest BCUT2D eigenvalue weighted by atomic mass is 16.4. The number of hydrogen-bond acceptors (Lipinski definition) is 4. The molecule has 0 heterocycles. The van der Waals surface area contributed by atoms with E-state index in [1.165, 1.54) is 0 Å². The number of aliphatic hydroxyl groups is 1. The summed E-state index contributed by atoms with van der Waals surface area (Å²) < 4.78 is 0. The molecule has 0 aromatic carbocycles. The van der Waals surface area contributed by atoms with Gasteiger partial charge in [-0.3, -0.25) is 0 Å². The quantitative estimate of drug-likeness (QED) is 0.167. The molecule has 0 saturated heterocycles. The fourth-order valence-electron chi connectivity index (χ4n) is 1.90. The third-order valence-electron chi connectivity index (χ3n) is 3.25. The SMILES string of the molecule is CCCC(C)(O)CNCCCC(C)(C)C(N)=NO. The molecule has 0 rings (SSSR count). The topological polar surface area (TPSA) is 90.9 Å². The van der Waals surface area contributed by atoms with Crippen molar-refractivity contribution in [2.24, 2.45) is 16.3 Å². The largest absolute Gasteiger partial charge is 0.409 e. The molecule has 0 bridgehead atoms. The van der Waals surface area contributed by atoms with Crippen molar-refractivity contribution in [2.45, 2.75) is 59.0 Å². The molecule has 0 fully saturated rings. The second kappa shape index (κ2) is 7.59. The lowest BCUT2D eigenvalue weighted by Crippen LogP contribution is -2.38. The summed E-state index contributed by atoms with van der Waals surface area (Å²) in [6.45, 7) is 9.25. The van der Waals surface area contributed by atoms with Crippen molar-refractivity contribution in [3.8, 4) is 0 Å². The van der Waals surface area contributed by atoms with Gasteiger partial charge in [-0.1, -0.05) is 32.3 Å². The van der Waals surface area contributed by atoms with E-state index < -0.39 is 5.60 Å². The summed E-state index contributed by atoms with van der Waals surface area (Å²) in [6, 6.07) is 0. The summed E-state index contributed by atoms with van der Waals surface area (Å²) in [6.07, 6.45) is 3.54. The molecule has 18 heavy (non-hydrogen) atoms. The van der Waals surface area contributed by atoms with Gasteiger partial charge >= 0.3 is 0 Å². The molecule has 1 atom stereocenters. The van der Waals surface area contributed by atoms with E-state index >= 15 is 0 Å². The Morgan fingerprint density at radius 1 is 1.28 bits per heavy atom. The van der Waals surface area contributed by atoms with E-state index in [1.54, 1.807) is 0 Å². The number of hydrogen-bond donors (Lipinski definition) is 4. The molecule has 0 aliphatic rings. The Hall–Kier alpha value is -0.810. The van der Waals surface area contributed by atoms with Crippen LogP contribution in [0.4, 0.5) is 0 Å². The van der Waals surface area contributed by atoms with Gasteiger partial charge in [0.1, 0.15) is 5.84 Å². The highest BCUT2D eigenvalue weighted by Gasteiger charge is 2.23. The summed E-state index contributed by atoms with van der Waals surface area (Å²) in [5.74, 6) is 0.264. The number of oxime groups is 1. The first-order chi connectivity index (χ1) is 8.25. The van der Waals surface area contributed by atoms with Crippen LogP contribution in [0.1, 0.15) is 53.4 Å². The molecule has 0 aromatic heterocycles. The van der Waals surface area contributed by atoms with Gasteiger partial charge in [0.15, 0.2) is 0 Å². The summed E-state index contributed by atoms with van der Waals surface area (Å²) in [7, 11) is 0. The summed E-state index contributed by atoms with van der Waals surface area (Å²) >= 11 is 0. The zero-order valence-electron chi connectivity index (χ0n) is 12.2. The first kappa shape index (κ1) is 17.2. The van der Waals surface area contributed by atoms with E-state index in [9.17, 15) is 5.11 Å². The molecule has 0 radical (unpaired) electrons. The summed E-state index contributed by atoms with van der Waals surface area (Å²) in [4.78, 5) is 0. The normalized spacial score (nSPS) is 16.6. The Labute approximate surface area is 110 Å². The monoisotopic (exact) mass is 259 g/mol. The standard InChI is InChI=1S/C13H29N3O2/c1-5-7-13(4,17)10-15-9-6-8-12(2,3)11(14)16-18/h15,17-18H,5-10H2,1-4H3,(H2,14,16). The van der Waals surface area contributed by atoms with Crippen molar-refractivity contribution < 1.29 is 10.3 Å². The Kier molecular flexibility index (Phi) is 7.25. The van der Waals surface area contributed by atoms with Gasteiger partial charge in [-0.25, -0.2) is 0 Å². The van der Waals surface area contributed by atoms with Gasteiger partial charge in [-0.05, 0) is 32.7 Å². The first-order valence-corrected chi connectivity index (χ1v) is 6.66. The van der Waals surface area contributed by atoms with Crippen LogP contribution in [-0.2, 0) is 0 Å². The molecule has 5 N–H and O–H groups in total. The maximum absolute atomic E-state index is 9.97. The molecule has 1 unspecified atom stereocenters. The van der Waals surface area contributed by atoms with Crippen molar-refractivity contribution in [3.05, 3.63) is 0 Å². The van der Waals surface area contributed by atoms with Crippen molar-refractivity contribution in [3.63, 3.8) is 0 Å². The predicted octanol–water partition coefficient (Wildman–Crippen LogP) is 1.68. The van der Waals surface area contributed by atoms with E-state index in [1.807, 2.05) is 20.8 Å². The first-order valence-electron chi connectivity index (χ1n) is 6.66. The molecule has 0 aliphatic carbocycles.